The Hall–Kier alpha value is -2.63. The third-order valence-corrected chi connectivity index (χ3v) is 7.79. The summed E-state index contributed by atoms with van der Waals surface area (Å²) in [6.45, 7) is 4.53. The van der Waals surface area contributed by atoms with Crippen LogP contribution in [0.4, 0.5) is 4.39 Å². The van der Waals surface area contributed by atoms with Crippen LogP contribution in [0.25, 0.3) is 0 Å². The summed E-state index contributed by atoms with van der Waals surface area (Å²) in [5.41, 5.74) is 0.994. The second-order valence-electron chi connectivity index (χ2n) is 7.26. The Morgan fingerprint density at radius 1 is 0.931 bits per heavy atom. The van der Waals surface area contributed by atoms with Crippen molar-refractivity contribution in [2.75, 3.05) is 6.61 Å². The Balaban J connectivity index is 1.60. The van der Waals surface area contributed by atoms with E-state index >= 15 is 0 Å². The van der Waals surface area contributed by atoms with Crippen molar-refractivity contribution in [2.45, 2.75) is 32.4 Å². The average Bonchev–Trinajstić information content (AvgIpc) is 2.72. The van der Waals surface area contributed by atoms with Crippen molar-refractivity contribution >= 4 is 13.5 Å². The highest BCUT2D eigenvalue weighted by Crippen LogP contribution is 2.26. The molecule has 29 heavy (non-hydrogen) atoms. The fraction of sp³-hybridized carbons (Fsp3) is 0.250. The first kappa shape index (κ1) is 21.1. The molecule has 1 atom stereocenters. The molecule has 0 saturated carbocycles. The SMILES string of the molecule is CCOc1ccc([Si](C)(O)CCCc2ccc(F)c(Oc3ccccc3)c2)cc1. The summed E-state index contributed by atoms with van der Waals surface area (Å²) < 4.78 is 25.2. The van der Waals surface area contributed by atoms with Gasteiger partial charge in [0.2, 0.25) is 8.32 Å². The predicted octanol–water partition coefficient (Wildman–Crippen LogP) is 5.42. The van der Waals surface area contributed by atoms with E-state index in [4.69, 9.17) is 9.47 Å². The Labute approximate surface area is 172 Å². The minimum Gasteiger partial charge on any atom is -0.494 e. The van der Waals surface area contributed by atoms with Crippen LogP contribution in [0.5, 0.6) is 17.2 Å². The number of hydrogen-bond donors (Lipinski definition) is 1. The van der Waals surface area contributed by atoms with Gasteiger partial charge in [-0.3, -0.25) is 0 Å². The number of benzene rings is 3. The van der Waals surface area contributed by atoms with E-state index in [2.05, 4.69) is 0 Å². The first-order valence-electron chi connectivity index (χ1n) is 9.95. The Bertz CT molecular complexity index is 911. The van der Waals surface area contributed by atoms with Crippen LogP contribution in [0.1, 0.15) is 18.9 Å². The van der Waals surface area contributed by atoms with Crippen LogP contribution >= 0.6 is 0 Å². The highest BCUT2D eigenvalue weighted by Gasteiger charge is 2.26. The predicted molar refractivity (Wildman–Crippen MR) is 117 cm³/mol. The van der Waals surface area contributed by atoms with Crippen LogP contribution in [0.2, 0.25) is 12.6 Å². The molecule has 3 rings (SSSR count). The van der Waals surface area contributed by atoms with Crippen LogP contribution in [0, 0.1) is 5.82 Å². The van der Waals surface area contributed by atoms with Gasteiger partial charge in [-0.25, -0.2) is 4.39 Å². The summed E-state index contributed by atoms with van der Waals surface area (Å²) in [6.07, 6.45) is 1.58. The highest BCUT2D eigenvalue weighted by atomic mass is 28.4. The van der Waals surface area contributed by atoms with Gasteiger partial charge >= 0.3 is 0 Å². The number of para-hydroxylation sites is 1. The maximum absolute atomic E-state index is 14.1. The Kier molecular flexibility index (Phi) is 7.07. The van der Waals surface area contributed by atoms with Gasteiger partial charge in [-0.15, -0.1) is 0 Å². The summed E-state index contributed by atoms with van der Waals surface area (Å²) in [7, 11) is -2.53. The molecule has 0 aliphatic rings. The van der Waals surface area contributed by atoms with Gasteiger partial charge < -0.3 is 14.3 Å². The van der Waals surface area contributed by atoms with Gasteiger partial charge in [-0.1, -0.05) is 36.4 Å². The van der Waals surface area contributed by atoms with Gasteiger partial charge in [0.05, 0.1) is 6.61 Å². The zero-order valence-corrected chi connectivity index (χ0v) is 17.9. The molecular formula is C24H27FO3Si. The van der Waals surface area contributed by atoms with Crippen LogP contribution in [0.3, 0.4) is 0 Å². The smallest absolute Gasteiger partial charge is 0.217 e. The Morgan fingerprint density at radius 3 is 2.34 bits per heavy atom. The number of aryl methyl sites for hydroxylation is 1. The van der Waals surface area contributed by atoms with E-state index in [9.17, 15) is 9.19 Å². The average molecular weight is 411 g/mol. The maximum Gasteiger partial charge on any atom is 0.217 e. The van der Waals surface area contributed by atoms with E-state index in [1.807, 2.05) is 55.9 Å². The van der Waals surface area contributed by atoms with Crippen molar-refractivity contribution in [3.05, 3.63) is 84.2 Å². The number of hydrogen-bond acceptors (Lipinski definition) is 3. The molecule has 1 N–H and O–H groups in total. The quantitative estimate of drug-likeness (QED) is 0.479. The van der Waals surface area contributed by atoms with E-state index in [0.29, 0.717) is 12.4 Å². The lowest BCUT2D eigenvalue weighted by molar-refractivity contribution is 0.340. The topological polar surface area (TPSA) is 38.7 Å². The summed E-state index contributed by atoms with van der Waals surface area (Å²) in [4.78, 5) is 11.0. The summed E-state index contributed by atoms with van der Waals surface area (Å²) in [5.74, 6) is 1.27. The van der Waals surface area contributed by atoms with Crippen LogP contribution in [0.15, 0.2) is 72.8 Å². The fourth-order valence-corrected chi connectivity index (χ4v) is 5.29. The van der Waals surface area contributed by atoms with Crippen molar-refractivity contribution in [2.24, 2.45) is 0 Å². The third kappa shape index (κ3) is 5.92. The number of ether oxygens (including phenoxy) is 2. The molecule has 0 fully saturated rings. The molecule has 0 aliphatic heterocycles. The molecule has 3 aromatic rings. The summed E-state index contributed by atoms with van der Waals surface area (Å²) in [5, 5.41) is 0.994. The van der Waals surface area contributed by atoms with Crippen molar-refractivity contribution in [1.29, 1.82) is 0 Å². The molecule has 0 amide bonds. The standard InChI is InChI=1S/C24H27FO3Si/c1-3-27-20-12-14-22(15-13-20)29(2,26)17-7-8-19-11-16-23(25)24(18-19)28-21-9-5-4-6-10-21/h4-6,9-16,18,26H,3,7-8,17H2,1-2H3. The summed E-state index contributed by atoms with van der Waals surface area (Å²) >= 11 is 0. The van der Waals surface area contributed by atoms with Crippen LogP contribution < -0.4 is 14.7 Å². The lowest BCUT2D eigenvalue weighted by Crippen LogP contribution is -2.44. The first-order chi connectivity index (χ1) is 14.0. The maximum atomic E-state index is 14.1. The lowest BCUT2D eigenvalue weighted by Gasteiger charge is -2.21. The molecule has 152 valence electrons. The second kappa shape index (κ2) is 9.72. The van der Waals surface area contributed by atoms with Crippen molar-refractivity contribution in [1.82, 2.24) is 0 Å². The van der Waals surface area contributed by atoms with Gasteiger partial charge in [0, 0.05) is 0 Å². The molecule has 0 saturated heterocycles. The largest absolute Gasteiger partial charge is 0.494 e. The molecule has 3 aromatic carbocycles. The van der Waals surface area contributed by atoms with Crippen molar-refractivity contribution < 1.29 is 18.7 Å². The van der Waals surface area contributed by atoms with E-state index in [-0.39, 0.29) is 11.6 Å². The molecule has 0 bridgehead atoms. The lowest BCUT2D eigenvalue weighted by atomic mass is 10.1. The van der Waals surface area contributed by atoms with Gasteiger partial charge in [0.1, 0.15) is 11.5 Å². The monoisotopic (exact) mass is 410 g/mol. The molecule has 0 radical (unpaired) electrons. The number of halogens is 1. The minimum absolute atomic E-state index is 0.226. The van der Waals surface area contributed by atoms with Crippen molar-refractivity contribution in [3.63, 3.8) is 0 Å². The molecule has 0 aromatic heterocycles. The third-order valence-electron chi connectivity index (χ3n) is 4.88. The van der Waals surface area contributed by atoms with Crippen LogP contribution in [-0.2, 0) is 6.42 Å². The van der Waals surface area contributed by atoms with Gasteiger partial charge in [-0.05, 0) is 79.5 Å². The van der Waals surface area contributed by atoms with E-state index in [1.54, 1.807) is 24.3 Å². The molecule has 0 heterocycles. The first-order valence-corrected chi connectivity index (χ1v) is 12.6. The summed E-state index contributed by atoms with van der Waals surface area (Å²) in [6, 6.07) is 22.6. The number of rotatable bonds is 9. The highest BCUT2D eigenvalue weighted by molar-refractivity contribution is 6.84. The molecule has 1 unspecified atom stereocenters. The zero-order chi connectivity index (χ0) is 20.7. The molecule has 5 heteroatoms. The molecule has 0 spiro atoms. The zero-order valence-electron chi connectivity index (χ0n) is 16.9. The van der Waals surface area contributed by atoms with E-state index in [1.165, 1.54) is 6.07 Å². The van der Waals surface area contributed by atoms with Crippen LogP contribution in [-0.4, -0.2) is 19.7 Å². The molecule has 3 nitrogen and oxygen atoms in total. The normalized spacial score (nSPS) is 13.0. The minimum atomic E-state index is -2.53. The van der Waals surface area contributed by atoms with Crippen molar-refractivity contribution in [3.8, 4) is 17.2 Å². The Morgan fingerprint density at radius 2 is 1.66 bits per heavy atom. The van der Waals surface area contributed by atoms with Gasteiger partial charge in [0.25, 0.3) is 0 Å². The van der Waals surface area contributed by atoms with E-state index in [0.717, 1.165) is 35.4 Å². The van der Waals surface area contributed by atoms with Gasteiger partial charge in [0.15, 0.2) is 11.6 Å². The molecule has 0 aliphatic carbocycles. The fourth-order valence-electron chi connectivity index (χ4n) is 3.25. The van der Waals surface area contributed by atoms with Gasteiger partial charge in [-0.2, -0.15) is 0 Å². The molecular weight excluding hydrogens is 383 g/mol. The van der Waals surface area contributed by atoms with E-state index < -0.39 is 8.32 Å². The second-order valence-corrected chi connectivity index (χ2v) is 10.9.